The Balaban J connectivity index is 1.45. The summed E-state index contributed by atoms with van der Waals surface area (Å²) in [4.78, 5) is 49.7. The van der Waals surface area contributed by atoms with E-state index in [1.807, 2.05) is 30.3 Å². The molecule has 1 saturated heterocycles. The summed E-state index contributed by atoms with van der Waals surface area (Å²) in [6, 6.07) is 15.7. The second-order valence-corrected chi connectivity index (χ2v) is 7.61. The zero-order valence-electron chi connectivity index (χ0n) is 16.9. The largest absolute Gasteiger partial charge is 0.344 e. The third-order valence-corrected chi connectivity index (χ3v) is 5.31. The molecule has 0 spiro atoms. The van der Waals surface area contributed by atoms with Gasteiger partial charge in [-0.3, -0.25) is 24.5 Å². The van der Waals surface area contributed by atoms with Gasteiger partial charge in [0.15, 0.2) is 0 Å². The SMILES string of the molecule is C[C@@]1(CCc2ccccc2)NC(=O)N(NC(=O)Cn2ncc(=O)c3ccccc32)C1=O. The molecule has 1 aliphatic heterocycles. The van der Waals surface area contributed by atoms with Crippen LogP contribution < -0.4 is 16.2 Å². The average Bonchev–Trinajstić information content (AvgIpc) is 2.98. The number of nitrogens with zero attached hydrogens (tertiary/aromatic N) is 3. The minimum Gasteiger partial charge on any atom is -0.322 e. The molecule has 4 rings (SSSR count). The number of aromatic nitrogens is 2. The van der Waals surface area contributed by atoms with Gasteiger partial charge in [0.1, 0.15) is 12.1 Å². The molecule has 2 aromatic carbocycles. The van der Waals surface area contributed by atoms with E-state index in [2.05, 4.69) is 15.8 Å². The second kappa shape index (κ2) is 8.02. The summed E-state index contributed by atoms with van der Waals surface area (Å²) in [7, 11) is 0. The number of nitrogens with one attached hydrogen (secondary N) is 2. The number of hydrazine groups is 1. The molecule has 2 N–H and O–H groups in total. The van der Waals surface area contributed by atoms with Gasteiger partial charge in [-0.25, -0.2) is 4.79 Å². The monoisotopic (exact) mass is 419 g/mol. The number of rotatable bonds is 6. The van der Waals surface area contributed by atoms with Crippen LogP contribution in [0.15, 0.2) is 65.6 Å². The highest BCUT2D eigenvalue weighted by Gasteiger charge is 2.48. The van der Waals surface area contributed by atoms with Crippen LogP contribution in [-0.2, 0) is 22.6 Å². The number of hydrogen-bond donors (Lipinski definition) is 2. The van der Waals surface area contributed by atoms with E-state index in [1.54, 1.807) is 31.2 Å². The lowest BCUT2D eigenvalue weighted by Crippen LogP contribution is -2.49. The highest BCUT2D eigenvalue weighted by Crippen LogP contribution is 2.22. The third kappa shape index (κ3) is 4.02. The number of fused-ring (bicyclic) bond motifs is 1. The lowest BCUT2D eigenvalue weighted by atomic mass is 9.93. The summed E-state index contributed by atoms with van der Waals surface area (Å²) in [5, 5.41) is 7.79. The van der Waals surface area contributed by atoms with Crippen LogP contribution in [0.4, 0.5) is 4.79 Å². The molecule has 0 bridgehead atoms. The number of imide groups is 1. The van der Waals surface area contributed by atoms with Crippen molar-refractivity contribution in [2.75, 3.05) is 0 Å². The van der Waals surface area contributed by atoms with Gasteiger partial charge in [-0.15, -0.1) is 0 Å². The number of carbonyl (C=O) groups is 3. The predicted molar refractivity (Wildman–Crippen MR) is 113 cm³/mol. The zero-order valence-corrected chi connectivity index (χ0v) is 16.9. The van der Waals surface area contributed by atoms with Crippen LogP contribution in [0.2, 0.25) is 0 Å². The van der Waals surface area contributed by atoms with Gasteiger partial charge in [0.2, 0.25) is 5.43 Å². The molecular formula is C22H21N5O4. The number of hydrogen-bond acceptors (Lipinski definition) is 5. The maximum atomic E-state index is 12.9. The number of carbonyl (C=O) groups excluding carboxylic acids is 3. The molecule has 31 heavy (non-hydrogen) atoms. The van der Waals surface area contributed by atoms with Crippen LogP contribution in [0.3, 0.4) is 0 Å². The molecule has 0 radical (unpaired) electrons. The number of benzene rings is 2. The van der Waals surface area contributed by atoms with Gasteiger partial charge in [-0.05, 0) is 37.5 Å². The lowest BCUT2D eigenvalue weighted by Gasteiger charge is -2.21. The van der Waals surface area contributed by atoms with Gasteiger partial charge >= 0.3 is 6.03 Å². The van der Waals surface area contributed by atoms with E-state index >= 15 is 0 Å². The smallest absolute Gasteiger partial charge is 0.322 e. The molecule has 4 amide bonds. The summed E-state index contributed by atoms with van der Waals surface area (Å²) in [6.45, 7) is 1.37. The Kier molecular flexibility index (Phi) is 5.24. The molecule has 1 atom stereocenters. The van der Waals surface area contributed by atoms with E-state index in [4.69, 9.17) is 0 Å². The maximum Gasteiger partial charge on any atom is 0.344 e. The summed E-state index contributed by atoms with van der Waals surface area (Å²) in [6.07, 6.45) is 2.11. The first-order chi connectivity index (χ1) is 14.9. The van der Waals surface area contributed by atoms with E-state index < -0.39 is 23.4 Å². The third-order valence-electron chi connectivity index (χ3n) is 5.31. The fourth-order valence-corrected chi connectivity index (χ4v) is 3.58. The van der Waals surface area contributed by atoms with Gasteiger partial charge < -0.3 is 5.32 Å². The minimum absolute atomic E-state index is 0.254. The van der Waals surface area contributed by atoms with Gasteiger partial charge in [-0.2, -0.15) is 10.1 Å². The number of urea groups is 1. The molecule has 0 aliphatic carbocycles. The van der Waals surface area contributed by atoms with Crippen molar-refractivity contribution in [3.63, 3.8) is 0 Å². The highest BCUT2D eigenvalue weighted by molar-refractivity contribution is 6.07. The van der Waals surface area contributed by atoms with Crippen LogP contribution in [0.1, 0.15) is 18.9 Å². The topological polar surface area (TPSA) is 113 Å². The van der Waals surface area contributed by atoms with Gasteiger partial charge in [-0.1, -0.05) is 42.5 Å². The molecule has 2 heterocycles. The van der Waals surface area contributed by atoms with E-state index in [0.717, 1.165) is 11.8 Å². The number of amides is 4. The van der Waals surface area contributed by atoms with Crippen LogP contribution in [0, 0.1) is 0 Å². The van der Waals surface area contributed by atoms with E-state index in [0.29, 0.717) is 28.8 Å². The van der Waals surface area contributed by atoms with Crippen molar-refractivity contribution in [3.05, 3.63) is 76.6 Å². The molecule has 0 saturated carbocycles. The Morgan fingerprint density at radius 1 is 1.06 bits per heavy atom. The number of para-hydroxylation sites is 1. The zero-order chi connectivity index (χ0) is 22.0. The van der Waals surface area contributed by atoms with Crippen molar-refractivity contribution in [1.82, 2.24) is 25.5 Å². The van der Waals surface area contributed by atoms with Crippen LogP contribution in [0.5, 0.6) is 0 Å². The van der Waals surface area contributed by atoms with E-state index in [9.17, 15) is 19.2 Å². The average molecular weight is 419 g/mol. The van der Waals surface area contributed by atoms with Crippen molar-refractivity contribution in [2.24, 2.45) is 0 Å². The van der Waals surface area contributed by atoms with Gasteiger partial charge in [0.25, 0.3) is 11.8 Å². The Labute approximate surface area is 177 Å². The second-order valence-electron chi connectivity index (χ2n) is 7.61. The Bertz CT molecular complexity index is 1220. The van der Waals surface area contributed by atoms with Gasteiger partial charge in [0.05, 0.1) is 11.7 Å². The fourth-order valence-electron chi connectivity index (χ4n) is 3.58. The van der Waals surface area contributed by atoms with Crippen molar-refractivity contribution in [2.45, 2.75) is 31.8 Å². The van der Waals surface area contributed by atoms with Crippen LogP contribution >= 0.6 is 0 Å². The predicted octanol–water partition coefficient (Wildman–Crippen LogP) is 1.37. The quantitative estimate of drug-likeness (QED) is 0.586. The normalized spacial score (nSPS) is 18.3. The first kappa shape index (κ1) is 20.3. The Morgan fingerprint density at radius 2 is 1.77 bits per heavy atom. The highest BCUT2D eigenvalue weighted by atomic mass is 16.2. The molecule has 9 nitrogen and oxygen atoms in total. The molecular weight excluding hydrogens is 398 g/mol. The van der Waals surface area contributed by atoms with Crippen molar-refractivity contribution in [1.29, 1.82) is 0 Å². The van der Waals surface area contributed by atoms with Crippen molar-refractivity contribution >= 4 is 28.7 Å². The lowest BCUT2D eigenvalue weighted by molar-refractivity contribution is -0.139. The van der Waals surface area contributed by atoms with E-state index in [1.165, 1.54) is 4.68 Å². The van der Waals surface area contributed by atoms with Gasteiger partial charge in [0, 0.05) is 5.39 Å². The fraction of sp³-hybridized carbons (Fsp3) is 0.227. The molecule has 1 aliphatic rings. The summed E-state index contributed by atoms with van der Waals surface area (Å²) in [5.41, 5.74) is 2.50. The van der Waals surface area contributed by atoms with Crippen molar-refractivity contribution < 1.29 is 14.4 Å². The summed E-state index contributed by atoms with van der Waals surface area (Å²) < 4.78 is 1.35. The molecule has 3 aromatic rings. The maximum absolute atomic E-state index is 12.9. The molecule has 1 aromatic heterocycles. The molecule has 158 valence electrons. The first-order valence-electron chi connectivity index (χ1n) is 9.82. The molecule has 9 heteroatoms. The Hall–Kier alpha value is -4.01. The van der Waals surface area contributed by atoms with Crippen LogP contribution in [-0.4, -0.2) is 38.2 Å². The number of aryl methyl sites for hydroxylation is 1. The Morgan fingerprint density at radius 3 is 2.55 bits per heavy atom. The minimum atomic E-state index is -1.12. The standard InChI is InChI=1S/C22H21N5O4/c1-22(12-11-15-7-3-2-4-8-15)20(30)27(21(31)24-22)25-19(29)14-26-17-10-6-5-9-16(17)18(28)13-23-26/h2-10,13H,11-12,14H2,1H3,(H,24,31)(H,25,29)/t22-/m0/s1. The summed E-state index contributed by atoms with van der Waals surface area (Å²) >= 11 is 0. The summed E-state index contributed by atoms with van der Waals surface area (Å²) in [5.74, 6) is -1.14. The van der Waals surface area contributed by atoms with Crippen molar-refractivity contribution in [3.8, 4) is 0 Å². The van der Waals surface area contributed by atoms with E-state index in [-0.39, 0.29) is 12.0 Å². The molecule has 0 unspecified atom stereocenters. The van der Waals surface area contributed by atoms with Crippen LogP contribution in [0.25, 0.3) is 10.9 Å². The molecule has 1 fully saturated rings. The first-order valence-corrected chi connectivity index (χ1v) is 9.82.